The number of hydrogen-bond acceptors (Lipinski definition) is 5. The molecule has 0 spiro atoms. The Morgan fingerprint density at radius 2 is 2.24 bits per heavy atom. The molecule has 0 fully saturated rings. The second-order valence-electron chi connectivity index (χ2n) is 3.63. The van der Waals surface area contributed by atoms with Gasteiger partial charge in [-0.3, -0.25) is 0 Å². The minimum absolute atomic E-state index is 0.622. The van der Waals surface area contributed by atoms with Gasteiger partial charge in [-0.15, -0.1) is 0 Å². The van der Waals surface area contributed by atoms with Crippen molar-refractivity contribution >= 4 is 11.8 Å². The van der Waals surface area contributed by atoms with E-state index in [4.69, 9.17) is 4.42 Å². The van der Waals surface area contributed by atoms with Gasteiger partial charge >= 0.3 is 0 Å². The molecular weight excluding hydrogens is 216 g/mol. The lowest BCUT2D eigenvalue weighted by atomic mass is 10.4. The summed E-state index contributed by atoms with van der Waals surface area (Å²) in [4.78, 5) is 8.47. The van der Waals surface area contributed by atoms with E-state index in [-0.39, 0.29) is 0 Å². The van der Waals surface area contributed by atoms with Crippen molar-refractivity contribution < 1.29 is 4.42 Å². The Bertz CT molecular complexity index is 442. The van der Waals surface area contributed by atoms with Crippen molar-refractivity contribution in [3.8, 4) is 0 Å². The third kappa shape index (κ3) is 3.48. The predicted octanol–water partition coefficient (Wildman–Crippen LogP) is 2.50. The first-order valence-corrected chi connectivity index (χ1v) is 5.71. The van der Waals surface area contributed by atoms with Crippen LogP contribution in [0.4, 0.5) is 11.8 Å². The lowest BCUT2D eigenvalue weighted by Crippen LogP contribution is -2.06. The zero-order chi connectivity index (χ0) is 11.9. The van der Waals surface area contributed by atoms with Crippen LogP contribution in [0.2, 0.25) is 0 Å². The summed E-state index contributed by atoms with van der Waals surface area (Å²) < 4.78 is 5.23. The maximum absolute atomic E-state index is 5.23. The smallest absolute Gasteiger partial charge is 0.224 e. The molecule has 17 heavy (non-hydrogen) atoms. The summed E-state index contributed by atoms with van der Waals surface area (Å²) in [6.45, 7) is 3.60. The van der Waals surface area contributed by atoms with Crippen LogP contribution in [0.25, 0.3) is 0 Å². The van der Waals surface area contributed by atoms with E-state index < -0.39 is 0 Å². The van der Waals surface area contributed by atoms with Crippen LogP contribution in [0.15, 0.2) is 35.1 Å². The summed E-state index contributed by atoms with van der Waals surface area (Å²) in [5.41, 5.74) is 0. The molecule has 0 saturated carbocycles. The van der Waals surface area contributed by atoms with Crippen LogP contribution < -0.4 is 10.6 Å². The average molecular weight is 232 g/mol. The molecule has 0 bridgehead atoms. The highest BCUT2D eigenvalue weighted by Gasteiger charge is 1.99. The Balaban J connectivity index is 1.91. The molecule has 2 N–H and O–H groups in total. The van der Waals surface area contributed by atoms with Crippen molar-refractivity contribution in [3.63, 3.8) is 0 Å². The number of nitrogens with one attached hydrogen (secondary N) is 2. The normalized spacial score (nSPS) is 10.2. The predicted molar refractivity (Wildman–Crippen MR) is 66.8 cm³/mol. The Morgan fingerprint density at radius 3 is 3.00 bits per heavy atom. The van der Waals surface area contributed by atoms with E-state index in [0.717, 1.165) is 24.5 Å². The van der Waals surface area contributed by atoms with E-state index in [0.29, 0.717) is 12.5 Å². The second kappa shape index (κ2) is 5.89. The van der Waals surface area contributed by atoms with E-state index in [1.807, 2.05) is 18.2 Å². The fourth-order valence-electron chi connectivity index (χ4n) is 1.37. The molecular formula is C12H16N4O. The van der Waals surface area contributed by atoms with Gasteiger partial charge in [0.05, 0.1) is 12.8 Å². The van der Waals surface area contributed by atoms with Gasteiger partial charge in [0.2, 0.25) is 5.95 Å². The number of aromatic nitrogens is 2. The lowest BCUT2D eigenvalue weighted by Gasteiger charge is -2.06. The molecule has 0 aliphatic heterocycles. The summed E-state index contributed by atoms with van der Waals surface area (Å²) in [6, 6.07) is 5.62. The molecule has 0 radical (unpaired) electrons. The Labute approximate surface area is 100 Å². The quantitative estimate of drug-likeness (QED) is 0.801. The van der Waals surface area contributed by atoms with E-state index in [9.17, 15) is 0 Å². The number of nitrogens with zero attached hydrogens (tertiary/aromatic N) is 2. The summed E-state index contributed by atoms with van der Waals surface area (Å²) in [5.74, 6) is 2.32. The van der Waals surface area contributed by atoms with Gasteiger partial charge in [-0.05, 0) is 24.6 Å². The largest absolute Gasteiger partial charge is 0.467 e. The topological polar surface area (TPSA) is 63.0 Å². The number of rotatable bonds is 6. The highest BCUT2D eigenvalue weighted by atomic mass is 16.3. The van der Waals surface area contributed by atoms with Crippen LogP contribution in [0, 0.1) is 0 Å². The van der Waals surface area contributed by atoms with E-state index in [1.54, 1.807) is 12.5 Å². The van der Waals surface area contributed by atoms with Gasteiger partial charge in [0.25, 0.3) is 0 Å². The second-order valence-corrected chi connectivity index (χ2v) is 3.63. The molecule has 2 heterocycles. The van der Waals surface area contributed by atoms with Gasteiger partial charge in [-0.25, -0.2) is 4.98 Å². The molecule has 2 aromatic rings. The van der Waals surface area contributed by atoms with Gasteiger partial charge in [-0.2, -0.15) is 4.98 Å². The van der Waals surface area contributed by atoms with Crippen LogP contribution in [0.5, 0.6) is 0 Å². The van der Waals surface area contributed by atoms with Gasteiger partial charge < -0.3 is 15.1 Å². The lowest BCUT2D eigenvalue weighted by molar-refractivity contribution is 0.518. The standard InChI is InChI=1S/C12H16N4O/c1-2-6-13-12-14-7-5-11(16-12)15-9-10-4-3-8-17-10/h3-5,7-8H,2,6,9H2,1H3,(H2,13,14,15,16). The van der Waals surface area contributed by atoms with Crippen LogP contribution in [-0.2, 0) is 6.54 Å². The monoisotopic (exact) mass is 232 g/mol. The Hall–Kier alpha value is -2.04. The van der Waals surface area contributed by atoms with E-state index in [2.05, 4.69) is 27.5 Å². The zero-order valence-electron chi connectivity index (χ0n) is 9.81. The zero-order valence-corrected chi connectivity index (χ0v) is 9.81. The van der Waals surface area contributed by atoms with E-state index >= 15 is 0 Å². The van der Waals surface area contributed by atoms with Gasteiger partial charge in [0.15, 0.2) is 0 Å². The molecule has 0 saturated heterocycles. The fourth-order valence-corrected chi connectivity index (χ4v) is 1.37. The van der Waals surface area contributed by atoms with Crippen molar-refractivity contribution in [2.75, 3.05) is 17.2 Å². The highest BCUT2D eigenvalue weighted by molar-refractivity contribution is 5.39. The molecule has 5 heteroatoms. The fraction of sp³-hybridized carbons (Fsp3) is 0.333. The van der Waals surface area contributed by atoms with Crippen molar-refractivity contribution in [1.29, 1.82) is 0 Å². The van der Waals surface area contributed by atoms with E-state index in [1.165, 1.54) is 0 Å². The molecule has 0 amide bonds. The highest BCUT2D eigenvalue weighted by Crippen LogP contribution is 2.08. The van der Waals surface area contributed by atoms with Crippen LogP contribution in [0.1, 0.15) is 19.1 Å². The minimum atomic E-state index is 0.622. The van der Waals surface area contributed by atoms with Crippen molar-refractivity contribution in [3.05, 3.63) is 36.4 Å². The van der Waals surface area contributed by atoms with Crippen molar-refractivity contribution in [2.24, 2.45) is 0 Å². The summed E-state index contributed by atoms with van der Waals surface area (Å²) >= 11 is 0. The maximum Gasteiger partial charge on any atom is 0.224 e. The molecule has 0 atom stereocenters. The van der Waals surface area contributed by atoms with Crippen LogP contribution in [-0.4, -0.2) is 16.5 Å². The summed E-state index contributed by atoms with van der Waals surface area (Å²) in [7, 11) is 0. The maximum atomic E-state index is 5.23. The number of anilines is 2. The molecule has 0 aromatic carbocycles. The van der Waals surface area contributed by atoms with Crippen molar-refractivity contribution in [2.45, 2.75) is 19.9 Å². The molecule has 0 unspecified atom stereocenters. The third-order valence-electron chi connectivity index (χ3n) is 2.21. The minimum Gasteiger partial charge on any atom is -0.467 e. The molecule has 0 aliphatic carbocycles. The summed E-state index contributed by atoms with van der Waals surface area (Å²) in [6.07, 6.45) is 4.44. The Kier molecular flexibility index (Phi) is 3.96. The molecule has 90 valence electrons. The first-order chi connectivity index (χ1) is 8.38. The third-order valence-corrected chi connectivity index (χ3v) is 2.21. The Morgan fingerprint density at radius 1 is 1.29 bits per heavy atom. The molecule has 0 aliphatic rings. The first kappa shape index (κ1) is 11.4. The molecule has 5 nitrogen and oxygen atoms in total. The van der Waals surface area contributed by atoms with Crippen LogP contribution in [0.3, 0.4) is 0 Å². The summed E-state index contributed by atoms with van der Waals surface area (Å²) in [5, 5.41) is 6.32. The van der Waals surface area contributed by atoms with Crippen molar-refractivity contribution in [1.82, 2.24) is 9.97 Å². The van der Waals surface area contributed by atoms with Gasteiger partial charge in [0, 0.05) is 12.7 Å². The average Bonchev–Trinajstić information content (AvgIpc) is 2.87. The van der Waals surface area contributed by atoms with Gasteiger partial charge in [0.1, 0.15) is 11.6 Å². The van der Waals surface area contributed by atoms with Gasteiger partial charge in [-0.1, -0.05) is 6.92 Å². The number of hydrogen-bond donors (Lipinski definition) is 2. The SMILES string of the molecule is CCCNc1nccc(NCc2ccco2)n1. The molecule has 2 aromatic heterocycles. The van der Waals surface area contributed by atoms with Crippen LogP contribution >= 0.6 is 0 Å². The first-order valence-electron chi connectivity index (χ1n) is 5.71. The number of furan rings is 1. The molecule has 2 rings (SSSR count).